The fraction of sp³-hybridized carbons (Fsp3) is 0.579. The molecule has 0 unspecified atom stereocenters. The van der Waals surface area contributed by atoms with Crippen molar-refractivity contribution in [2.75, 3.05) is 30.3 Å². The Hall–Kier alpha value is -2.08. The number of nitrogens with zero attached hydrogens (tertiary/aromatic N) is 1. The second kappa shape index (κ2) is 8.85. The van der Waals surface area contributed by atoms with Crippen molar-refractivity contribution < 1.29 is 9.59 Å². The average molecular weight is 346 g/mol. The number of hydrogen-bond donors (Lipinski definition) is 3. The summed E-state index contributed by atoms with van der Waals surface area (Å²) in [6, 6.07) is 5.57. The largest absolute Gasteiger partial charge is 0.336 e. The van der Waals surface area contributed by atoms with Crippen molar-refractivity contribution in [2.24, 2.45) is 5.92 Å². The molecule has 1 aliphatic heterocycles. The lowest BCUT2D eigenvalue weighted by molar-refractivity contribution is -0.114. The van der Waals surface area contributed by atoms with Crippen LogP contribution < -0.4 is 16.0 Å². The predicted molar refractivity (Wildman–Crippen MR) is 102 cm³/mol. The molecule has 1 heterocycles. The van der Waals surface area contributed by atoms with Gasteiger partial charge in [-0.2, -0.15) is 0 Å². The van der Waals surface area contributed by atoms with E-state index < -0.39 is 0 Å². The summed E-state index contributed by atoms with van der Waals surface area (Å²) in [7, 11) is 0. The van der Waals surface area contributed by atoms with E-state index in [9.17, 15) is 9.59 Å². The van der Waals surface area contributed by atoms with Crippen molar-refractivity contribution in [2.45, 2.75) is 46.6 Å². The molecule has 1 aromatic rings. The third kappa shape index (κ3) is 6.05. The normalized spacial score (nSPS) is 19.1. The number of carbonyl (C=O) groups is 2. The third-order valence-corrected chi connectivity index (χ3v) is 4.68. The summed E-state index contributed by atoms with van der Waals surface area (Å²) >= 11 is 0. The summed E-state index contributed by atoms with van der Waals surface area (Å²) in [5.74, 6) is 0.596. The molecule has 1 aromatic carbocycles. The summed E-state index contributed by atoms with van der Waals surface area (Å²) in [4.78, 5) is 25.8. The second-order valence-electron chi connectivity index (χ2n) is 7.14. The van der Waals surface area contributed by atoms with E-state index in [1.807, 2.05) is 19.1 Å². The molecule has 0 spiro atoms. The van der Waals surface area contributed by atoms with E-state index in [0.29, 0.717) is 24.0 Å². The number of amides is 3. The molecule has 0 bridgehead atoms. The molecule has 2 rings (SSSR count). The molecule has 1 aliphatic rings. The van der Waals surface area contributed by atoms with Gasteiger partial charge >= 0.3 is 6.03 Å². The number of benzene rings is 1. The fourth-order valence-corrected chi connectivity index (χ4v) is 3.19. The highest BCUT2D eigenvalue weighted by molar-refractivity contribution is 5.93. The lowest BCUT2D eigenvalue weighted by Gasteiger charge is -2.35. The van der Waals surface area contributed by atoms with Crippen LogP contribution in [0.3, 0.4) is 0 Å². The summed E-state index contributed by atoms with van der Waals surface area (Å²) in [6.45, 7) is 10.6. The van der Waals surface area contributed by atoms with E-state index in [1.54, 1.807) is 6.07 Å². The molecular weight excluding hydrogens is 316 g/mol. The summed E-state index contributed by atoms with van der Waals surface area (Å²) < 4.78 is 0. The Balaban J connectivity index is 1.84. The first-order valence-corrected chi connectivity index (χ1v) is 9.02. The van der Waals surface area contributed by atoms with Gasteiger partial charge in [-0.3, -0.25) is 9.69 Å². The minimum atomic E-state index is -0.227. The molecule has 1 fully saturated rings. The van der Waals surface area contributed by atoms with Crippen LogP contribution in [0.15, 0.2) is 18.2 Å². The van der Waals surface area contributed by atoms with Gasteiger partial charge in [0.1, 0.15) is 0 Å². The number of likely N-dealkylation sites (tertiary alicyclic amines) is 1. The zero-order chi connectivity index (χ0) is 18.4. The van der Waals surface area contributed by atoms with Crippen LogP contribution in [0.1, 0.15) is 39.2 Å². The van der Waals surface area contributed by atoms with Gasteiger partial charge in [-0.05, 0) is 56.8 Å². The van der Waals surface area contributed by atoms with Gasteiger partial charge in [0.15, 0.2) is 0 Å². The van der Waals surface area contributed by atoms with Gasteiger partial charge in [0.25, 0.3) is 0 Å². The van der Waals surface area contributed by atoms with Crippen molar-refractivity contribution in [3.05, 3.63) is 23.8 Å². The molecule has 6 heteroatoms. The zero-order valence-corrected chi connectivity index (χ0v) is 15.7. The SMILES string of the molecule is CC(=O)Nc1cc(NC(=O)NC[C@H](C)N2CCC[C@@H](C)C2)ccc1C. The smallest absolute Gasteiger partial charge is 0.319 e. The summed E-state index contributed by atoms with van der Waals surface area (Å²) in [5, 5.41) is 8.54. The van der Waals surface area contributed by atoms with Crippen molar-refractivity contribution in [3.8, 4) is 0 Å². The van der Waals surface area contributed by atoms with Gasteiger partial charge in [0.05, 0.1) is 0 Å². The Labute approximate surface area is 150 Å². The number of aryl methyl sites for hydroxylation is 1. The van der Waals surface area contributed by atoms with Crippen LogP contribution in [0.4, 0.5) is 16.2 Å². The molecule has 3 amide bonds. The Morgan fingerprint density at radius 2 is 2.08 bits per heavy atom. The Kier molecular flexibility index (Phi) is 6.82. The number of carbonyl (C=O) groups excluding carboxylic acids is 2. The quantitative estimate of drug-likeness (QED) is 0.766. The molecule has 0 radical (unpaired) electrons. The Bertz CT molecular complexity index is 617. The predicted octanol–water partition coefficient (Wildman–Crippen LogP) is 3.20. The van der Waals surface area contributed by atoms with Crippen molar-refractivity contribution in [1.82, 2.24) is 10.2 Å². The molecule has 6 nitrogen and oxygen atoms in total. The molecule has 138 valence electrons. The fourth-order valence-electron chi connectivity index (χ4n) is 3.19. The van der Waals surface area contributed by atoms with Crippen LogP contribution in [-0.2, 0) is 4.79 Å². The minimum absolute atomic E-state index is 0.130. The van der Waals surface area contributed by atoms with Crippen molar-refractivity contribution >= 4 is 23.3 Å². The molecule has 3 N–H and O–H groups in total. The van der Waals surface area contributed by atoms with Crippen LogP contribution in [0, 0.1) is 12.8 Å². The first-order valence-electron chi connectivity index (χ1n) is 9.02. The first-order chi connectivity index (χ1) is 11.8. The highest BCUT2D eigenvalue weighted by Gasteiger charge is 2.21. The molecular formula is C19H30N4O2. The van der Waals surface area contributed by atoms with Gasteiger partial charge in [-0.25, -0.2) is 4.79 Å². The van der Waals surface area contributed by atoms with Gasteiger partial charge in [-0.15, -0.1) is 0 Å². The second-order valence-corrected chi connectivity index (χ2v) is 7.14. The third-order valence-electron chi connectivity index (χ3n) is 4.68. The average Bonchev–Trinajstić information content (AvgIpc) is 2.55. The maximum atomic E-state index is 12.2. The van der Waals surface area contributed by atoms with E-state index in [4.69, 9.17) is 0 Å². The van der Waals surface area contributed by atoms with Crippen molar-refractivity contribution in [1.29, 1.82) is 0 Å². The topological polar surface area (TPSA) is 73.5 Å². The summed E-state index contributed by atoms with van der Waals surface area (Å²) in [6.07, 6.45) is 2.52. The number of piperidine rings is 1. The highest BCUT2D eigenvalue weighted by Crippen LogP contribution is 2.20. The van der Waals surface area contributed by atoms with Gasteiger partial charge in [-0.1, -0.05) is 13.0 Å². The van der Waals surface area contributed by atoms with Gasteiger partial charge < -0.3 is 16.0 Å². The molecule has 1 saturated heterocycles. The van der Waals surface area contributed by atoms with Crippen LogP contribution in [0.5, 0.6) is 0 Å². The molecule has 2 atom stereocenters. The van der Waals surface area contributed by atoms with E-state index in [-0.39, 0.29) is 11.9 Å². The van der Waals surface area contributed by atoms with Crippen molar-refractivity contribution in [3.63, 3.8) is 0 Å². The standard InChI is InChI=1S/C19H30N4O2/c1-13-6-5-9-23(12-13)15(3)11-20-19(25)22-17-8-7-14(2)18(10-17)21-16(4)24/h7-8,10,13,15H,5-6,9,11-12H2,1-4H3,(H,21,24)(H2,20,22,25)/t13-,15+/m1/s1. The van der Waals surface area contributed by atoms with E-state index in [2.05, 4.69) is 34.7 Å². The zero-order valence-electron chi connectivity index (χ0n) is 15.7. The van der Waals surface area contributed by atoms with Gasteiger partial charge in [0.2, 0.25) is 5.91 Å². The van der Waals surface area contributed by atoms with Gasteiger partial charge in [0, 0.05) is 37.4 Å². The van der Waals surface area contributed by atoms with Crippen LogP contribution in [-0.4, -0.2) is 42.5 Å². The lowest BCUT2D eigenvalue weighted by Crippen LogP contribution is -2.47. The molecule has 0 aromatic heterocycles. The monoisotopic (exact) mass is 346 g/mol. The number of anilines is 2. The number of urea groups is 1. The molecule has 0 saturated carbocycles. The number of nitrogens with one attached hydrogen (secondary N) is 3. The number of rotatable bonds is 5. The van der Waals surface area contributed by atoms with Crippen LogP contribution >= 0.6 is 0 Å². The summed E-state index contributed by atoms with van der Waals surface area (Å²) in [5.41, 5.74) is 2.32. The molecule has 0 aliphatic carbocycles. The van der Waals surface area contributed by atoms with E-state index in [1.165, 1.54) is 19.8 Å². The molecule has 25 heavy (non-hydrogen) atoms. The maximum absolute atomic E-state index is 12.2. The van der Waals surface area contributed by atoms with Crippen LogP contribution in [0.2, 0.25) is 0 Å². The first kappa shape index (κ1) is 19.2. The van der Waals surface area contributed by atoms with E-state index in [0.717, 1.165) is 24.6 Å². The van der Waals surface area contributed by atoms with E-state index >= 15 is 0 Å². The Morgan fingerprint density at radius 1 is 1.32 bits per heavy atom. The lowest BCUT2D eigenvalue weighted by atomic mass is 9.99. The Morgan fingerprint density at radius 3 is 2.76 bits per heavy atom. The highest BCUT2D eigenvalue weighted by atomic mass is 16.2. The minimum Gasteiger partial charge on any atom is -0.336 e. The van der Waals surface area contributed by atoms with Crippen LogP contribution in [0.25, 0.3) is 0 Å². The number of hydrogen-bond acceptors (Lipinski definition) is 3. The maximum Gasteiger partial charge on any atom is 0.319 e.